The number of likely N-dealkylation sites (N-methyl/N-ethyl adjacent to an activating group) is 1. The molecular formula is C16H24N4O. The summed E-state index contributed by atoms with van der Waals surface area (Å²) in [7, 11) is 4.16. The maximum Gasteiger partial charge on any atom is 0.226 e. The first-order valence-corrected chi connectivity index (χ1v) is 8.11. The van der Waals surface area contributed by atoms with Crippen LogP contribution in [0.4, 0.5) is 0 Å². The number of rotatable bonds is 3. The van der Waals surface area contributed by atoms with E-state index in [4.69, 9.17) is 0 Å². The molecule has 2 heterocycles. The SMILES string of the molecule is CN1CCN(C(=O)C2CC2C2CC2)CC1c1nccn1C. The molecule has 3 unspecified atom stereocenters. The zero-order valence-corrected chi connectivity index (χ0v) is 12.9. The summed E-state index contributed by atoms with van der Waals surface area (Å²) in [6.45, 7) is 2.59. The number of carbonyl (C=O) groups is 1. The Kier molecular flexibility index (Phi) is 3.06. The van der Waals surface area contributed by atoms with Gasteiger partial charge in [0, 0.05) is 45.0 Å². The van der Waals surface area contributed by atoms with Gasteiger partial charge in [0.15, 0.2) is 0 Å². The molecule has 1 amide bonds. The molecule has 1 saturated heterocycles. The first kappa shape index (κ1) is 13.3. The van der Waals surface area contributed by atoms with E-state index < -0.39 is 0 Å². The number of aryl methyl sites for hydroxylation is 1. The molecule has 114 valence electrons. The Morgan fingerprint density at radius 1 is 1.29 bits per heavy atom. The summed E-state index contributed by atoms with van der Waals surface area (Å²) < 4.78 is 2.07. The van der Waals surface area contributed by atoms with Crippen LogP contribution in [0.25, 0.3) is 0 Å². The molecule has 1 aliphatic heterocycles. The molecule has 2 aliphatic carbocycles. The molecule has 21 heavy (non-hydrogen) atoms. The van der Waals surface area contributed by atoms with Crippen LogP contribution in [-0.4, -0.2) is 51.9 Å². The maximum absolute atomic E-state index is 12.7. The number of hydrogen-bond donors (Lipinski definition) is 0. The van der Waals surface area contributed by atoms with Crippen LogP contribution in [0, 0.1) is 17.8 Å². The lowest BCUT2D eigenvalue weighted by molar-refractivity contribution is -0.136. The Morgan fingerprint density at radius 2 is 2.10 bits per heavy atom. The third kappa shape index (κ3) is 2.37. The van der Waals surface area contributed by atoms with Crippen LogP contribution < -0.4 is 0 Å². The van der Waals surface area contributed by atoms with Crippen LogP contribution in [0.1, 0.15) is 31.1 Å². The molecule has 2 saturated carbocycles. The largest absolute Gasteiger partial charge is 0.339 e. The minimum atomic E-state index is 0.223. The van der Waals surface area contributed by atoms with Gasteiger partial charge in [-0.1, -0.05) is 0 Å². The van der Waals surface area contributed by atoms with Gasteiger partial charge in [-0.05, 0) is 38.1 Å². The fourth-order valence-electron chi connectivity index (χ4n) is 3.83. The summed E-state index contributed by atoms with van der Waals surface area (Å²) >= 11 is 0. The maximum atomic E-state index is 12.7. The third-order valence-corrected chi connectivity index (χ3v) is 5.50. The molecule has 5 nitrogen and oxygen atoms in total. The Hall–Kier alpha value is -1.36. The van der Waals surface area contributed by atoms with E-state index in [1.165, 1.54) is 12.8 Å². The highest BCUT2D eigenvalue weighted by Gasteiger charge is 2.52. The van der Waals surface area contributed by atoms with Crippen molar-refractivity contribution in [3.8, 4) is 0 Å². The van der Waals surface area contributed by atoms with Crippen LogP contribution in [0.2, 0.25) is 0 Å². The van der Waals surface area contributed by atoms with Crippen molar-refractivity contribution in [2.24, 2.45) is 24.8 Å². The number of carbonyl (C=O) groups excluding carboxylic acids is 1. The van der Waals surface area contributed by atoms with Crippen molar-refractivity contribution < 1.29 is 4.79 Å². The van der Waals surface area contributed by atoms with Crippen molar-refractivity contribution in [1.82, 2.24) is 19.4 Å². The minimum absolute atomic E-state index is 0.223. The van der Waals surface area contributed by atoms with E-state index in [0.717, 1.165) is 37.8 Å². The second-order valence-corrected chi connectivity index (χ2v) is 7.02. The number of aromatic nitrogens is 2. The predicted molar refractivity (Wildman–Crippen MR) is 79.5 cm³/mol. The van der Waals surface area contributed by atoms with Gasteiger partial charge in [0.2, 0.25) is 5.91 Å². The van der Waals surface area contributed by atoms with E-state index in [-0.39, 0.29) is 6.04 Å². The topological polar surface area (TPSA) is 41.4 Å². The zero-order valence-electron chi connectivity index (χ0n) is 12.9. The van der Waals surface area contributed by atoms with Crippen molar-refractivity contribution in [3.63, 3.8) is 0 Å². The number of amides is 1. The Labute approximate surface area is 125 Å². The van der Waals surface area contributed by atoms with Gasteiger partial charge in [0.1, 0.15) is 5.82 Å². The Morgan fingerprint density at radius 3 is 2.76 bits per heavy atom. The van der Waals surface area contributed by atoms with Gasteiger partial charge in [0.25, 0.3) is 0 Å². The molecule has 0 N–H and O–H groups in total. The standard InChI is InChI=1S/C16H24N4O/c1-18-7-8-20(10-14(18)15-17-5-6-19(15)2)16(21)13-9-12(13)11-3-4-11/h5-6,11-14H,3-4,7-10H2,1-2H3. The van der Waals surface area contributed by atoms with Gasteiger partial charge in [-0.25, -0.2) is 4.98 Å². The highest BCUT2D eigenvalue weighted by Crippen LogP contribution is 2.55. The molecule has 5 heteroatoms. The highest BCUT2D eigenvalue weighted by molar-refractivity contribution is 5.82. The predicted octanol–water partition coefficient (Wildman–Crippen LogP) is 1.28. The van der Waals surface area contributed by atoms with E-state index in [1.54, 1.807) is 0 Å². The number of nitrogens with zero attached hydrogens (tertiary/aromatic N) is 4. The molecule has 3 fully saturated rings. The van der Waals surface area contributed by atoms with E-state index in [2.05, 4.69) is 26.4 Å². The summed E-state index contributed by atoms with van der Waals surface area (Å²) in [6.07, 6.45) is 7.67. The van der Waals surface area contributed by atoms with E-state index in [9.17, 15) is 4.79 Å². The molecule has 3 aliphatic rings. The van der Waals surface area contributed by atoms with Crippen LogP contribution in [0.15, 0.2) is 12.4 Å². The normalized spacial score (nSPS) is 33.2. The molecular weight excluding hydrogens is 264 g/mol. The van der Waals surface area contributed by atoms with Crippen molar-refractivity contribution in [3.05, 3.63) is 18.2 Å². The van der Waals surface area contributed by atoms with Crippen LogP contribution in [0.3, 0.4) is 0 Å². The monoisotopic (exact) mass is 288 g/mol. The molecule has 0 spiro atoms. The van der Waals surface area contributed by atoms with Crippen LogP contribution in [0.5, 0.6) is 0 Å². The average molecular weight is 288 g/mol. The second-order valence-electron chi connectivity index (χ2n) is 7.02. The van der Waals surface area contributed by atoms with Gasteiger partial charge in [-0.3, -0.25) is 9.69 Å². The summed E-state index contributed by atoms with van der Waals surface area (Å²) in [5.41, 5.74) is 0. The molecule has 4 rings (SSSR count). The quantitative estimate of drug-likeness (QED) is 0.841. The summed E-state index contributed by atoms with van der Waals surface area (Å²) in [4.78, 5) is 21.6. The van der Waals surface area contributed by atoms with E-state index in [1.807, 2.05) is 19.4 Å². The van der Waals surface area contributed by atoms with E-state index >= 15 is 0 Å². The van der Waals surface area contributed by atoms with Gasteiger partial charge < -0.3 is 9.47 Å². The second kappa shape index (κ2) is 4.83. The first-order valence-electron chi connectivity index (χ1n) is 8.11. The summed E-state index contributed by atoms with van der Waals surface area (Å²) in [5, 5.41) is 0. The van der Waals surface area contributed by atoms with Crippen LogP contribution >= 0.6 is 0 Å². The lowest BCUT2D eigenvalue weighted by Crippen LogP contribution is -2.50. The summed E-state index contributed by atoms with van der Waals surface area (Å²) in [6, 6.07) is 0.223. The number of imidazole rings is 1. The van der Waals surface area contributed by atoms with Gasteiger partial charge in [-0.2, -0.15) is 0 Å². The van der Waals surface area contributed by atoms with Crippen molar-refractivity contribution in [1.29, 1.82) is 0 Å². The number of piperazine rings is 1. The van der Waals surface area contributed by atoms with E-state index in [0.29, 0.717) is 17.7 Å². The molecule has 0 aromatic carbocycles. The van der Waals surface area contributed by atoms with Crippen LogP contribution in [-0.2, 0) is 11.8 Å². The fraction of sp³-hybridized carbons (Fsp3) is 0.750. The van der Waals surface area contributed by atoms with Crippen molar-refractivity contribution >= 4 is 5.91 Å². The molecule has 1 aromatic heterocycles. The van der Waals surface area contributed by atoms with Gasteiger partial charge >= 0.3 is 0 Å². The molecule has 0 bridgehead atoms. The van der Waals surface area contributed by atoms with Gasteiger partial charge in [-0.15, -0.1) is 0 Å². The highest BCUT2D eigenvalue weighted by atomic mass is 16.2. The zero-order chi connectivity index (χ0) is 14.6. The molecule has 0 radical (unpaired) electrons. The Bertz CT molecular complexity index is 550. The van der Waals surface area contributed by atoms with Crippen molar-refractivity contribution in [2.45, 2.75) is 25.3 Å². The minimum Gasteiger partial charge on any atom is -0.339 e. The fourth-order valence-corrected chi connectivity index (χ4v) is 3.83. The average Bonchev–Trinajstić information content (AvgIpc) is 3.36. The summed E-state index contributed by atoms with van der Waals surface area (Å²) in [5.74, 6) is 3.38. The lowest BCUT2D eigenvalue weighted by atomic mass is 10.1. The lowest BCUT2D eigenvalue weighted by Gasteiger charge is -2.39. The van der Waals surface area contributed by atoms with Crippen molar-refractivity contribution in [2.75, 3.05) is 26.7 Å². The first-order chi connectivity index (χ1) is 10.1. The molecule has 3 atom stereocenters. The van der Waals surface area contributed by atoms with Gasteiger partial charge in [0.05, 0.1) is 6.04 Å². The molecule has 1 aromatic rings. The smallest absolute Gasteiger partial charge is 0.226 e. The Balaban J connectivity index is 1.45. The number of hydrogen-bond acceptors (Lipinski definition) is 3. The third-order valence-electron chi connectivity index (χ3n) is 5.50.